The van der Waals surface area contributed by atoms with Gasteiger partial charge in [0.2, 0.25) is 0 Å². The Hall–Kier alpha value is -4.98. The topological polar surface area (TPSA) is 91.3 Å². The van der Waals surface area contributed by atoms with Gasteiger partial charge < -0.3 is 14.6 Å². The van der Waals surface area contributed by atoms with Crippen LogP contribution in [0, 0.1) is 18.8 Å². The summed E-state index contributed by atoms with van der Waals surface area (Å²) in [6.07, 6.45) is 5.34. The number of hydrogen-bond donors (Lipinski definition) is 1. The molecule has 0 amide bonds. The highest BCUT2D eigenvalue weighted by Crippen LogP contribution is 2.29. The molecule has 0 aliphatic carbocycles. The number of para-hydroxylation sites is 1. The number of aryl methyl sites for hydroxylation is 1. The molecule has 0 fully saturated rings. The second-order valence-electron chi connectivity index (χ2n) is 12.4. The van der Waals surface area contributed by atoms with E-state index in [1.165, 1.54) is 0 Å². The largest absolute Gasteiger partial charge is 0.361 e. The zero-order chi connectivity index (χ0) is 31.6. The second-order valence-corrected chi connectivity index (χ2v) is 18.0. The fourth-order valence-electron chi connectivity index (χ4n) is 5.24. The molecule has 2 aromatic carbocycles. The molecule has 4 aromatic heterocycles. The van der Waals surface area contributed by atoms with Gasteiger partial charge in [-0.15, -0.1) is 0 Å². The smallest absolute Gasteiger partial charge is 0.282 e. The Morgan fingerprint density at radius 2 is 1.71 bits per heavy atom. The highest BCUT2D eigenvalue weighted by atomic mass is 28.3. The van der Waals surface area contributed by atoms with Crippen LogP contribution in [0.5, 0.6) is 0 Å². The van der Waals surface area contributed by atoms with Crippen molar-refractivity contribution in [3.8, 4) is 17.5 Å². The average Bonchev–Trinajstić information content (AvgIpc) is 3.59. The van der Waals surface area contributed by atoms with Gasteiger partial charge in [-0.25, -0.2) is 14.5 Å². The number of rotatable bonds is 9. The van der Waals surface area contributed by atoms with Gasteiger partial charge in [0.05, 0.1) is 22.7 Å². The third-order valence-electron chi connectivity index (χ3n) is 7.66. The molecule has 1 unspecified atom stereocenters. The number of anilines is 1. The third kappa shape index (κ3) is 6.45. The lowest BCUT2D eigenvalue weighted by atomic mass is 10.2. The summed E-state index contributed by atoms with van der Waals surface area (Å²) in [5.41, 5.74) is 4.44. The van der Waals surface area contributed by atoms with Crippen LogP contribution in [0.1, 0.15) is 35.5 Å². The summed E-state index contributed by atoms with van der Waals surface area (Å²) in [6.45, 7) is 12.0. The molecule has 10 heteroatoms. The zero-order valence-electron chi connectivity index (χ0n) is 26.3. The van der Waals surface area contributed by atoms with Gasteiger partial charge in [0.1, 0.15) is 30.0 Å². The summed E-state index contributed by atoms with van der Waals surface area (Å²) in [7, 11) is -1.23. The van der Waals surface area contributed by atoms with Crippen LogP contribution >= 0.6 is 0 Å². The highest BCUT2D eigenvalue weighted by molar-refractivity contribution is 6.76. The lowest BCUT2D eigenvalue weighted by molar-refractivity contribution is 0.0898. The van der Waals surface area contributed by atoms with E-state index in [0.717, 1.165) is 39.5 Å². The number of nitrogens with one attached hydrogen (secondary N) is 1. The normalized spacial score (nSPS) is 12.3. The van der Waals surface area contributed by atoms with Crippen LogP contribution in [0.2, 0.25) is 25.7 Å². The van der Waals surface area contributed by atoms with E-state index < -0.39 is 14.1 Å². The third-order valence-corrected chi connectivity index (χ3v) is 9.37. The second kappa shape index (κ2) is 12.6. The molecule has 6 rings (SSSR count). The number of nitrogens with zero attached hydrogens (tertiary/aromatic N) is 6. The summed E-state index contributed by atoms with van der Waals surface area (Å²) in [4.78, 5) is 23.2. The van der Waals surface area contributed by atoms with Crippen molar-refractivity contribution in [1.82, 2.24) is 28.7 Å². The molecule has 0 saturated heterocycles. The molecule has 1 atom stereocenters. The molecule has 0 aliphatic heterocycles. The fraction of sp³-hybridized carbons (Fsp3) is 0.257. The minimum absolute atomic E-state index is 0.133. The van der Waals surface area contributed by atoms with Gasteiger partial charge in [0.15, 0.2) is 5.82 Å². The zero-order valence-corrected chi connectivity index (χ0v) is 27.3. The lowest BCUT2D eigenvalue weighted by Gasteiger charge is -2.20. The van der Waals surface area contributed by atoms with E-state index in [0.29, 0.717) is 30.5 Å². The summed E-state index contributed by atoms with van der Waals surface area (Å²) < 4.78 is 11.4. The first-order chi connectivity index (χ1) is 21.7. The van der Waals surface area contributed by atoms with Gasteiger partial charge in [-0.3, -0.25) is 9.36 Å². The number of hydrogen-bond acceptors (Lipinski definition) is 6. The van der Waals surface area contributed by atoms with E-state index in [1.54, 1.807) is 15.4 Å². The van der Waals surface area contributed by atoms with E-state index >= 15 is 0 Å². The molecular weight excluding hydrogens is 579 g/mol. The number of aromatic nitrogens is 6. The molecule has 228 valence electrons. The standard InChI is InChI=1S/C35H37N7O2Si/c1-25-18-19-41-31(25)35(43)42(29-14-10-7-11-15-29)33(39-41)26(2)38-32-30-28(17-16-27-12-8-6-9-13-27)22-40(34(30)37-23-36-32)24-44-20-21-45(3,4)5/h6-15,18-19,22-23,26H,20-21,24H2,1-5H3,(H,36,37,38). The van der Waals surface area contributed by atoms with Crippen molar-refractivity contribution in [3.05, 3.63) is 118 Å². The van der Waals surface area contributed by atoms with Crippen molar-refractivity contribution in [2.24, 2.45) is 0 Å². The number of ether oxygens (including phenoxy) is 1. The Labute approximate surface area is 263 Å². The van der Waals surface area contributed by atoms with E-state index in [1.807, 2.05) is 97.5 Å². The maximum absolute atomic E-state index is 13.9. The average molecular weight is 616 g/mol. The molecule has 0 aliphatic rings. The summed E-state index contributed by atoms with van der Waals surface area (Å²) >= 11 is 0. The summed E-state index contributed by atoms with van der Waals surface area (Å²) in [5.74, 6) is 7.78. The Morgan fingerprint density at radius 1 is 0.978 bits per heavy atom. The van der Waals surface area contributed by atoms with Crippen molar-refractivity contribution in [3.63, 3.8) is 0 Å². The fourth-order valence-corrected chi connectivity index (χ4v) is 5.99. The van der Waals surface area contributed by atoms with Gasteiger partial charge >= 0.3 is 0 Å². The predicted octanol–water partition coefficient (Wildman–Crippen LogP) is 6.42. The minimum Gasteiger partial charge on any atom is -0.361 e. The Bertz CT molecular complexity index is 2080. The Balaban J connectivity index is 1.42. The van der Waals surface area contributed by atoms with Crippen molar-refractivity contribution in [2.45, 2.75) is 52.3 Å². The number of fused-ring (bicyclic) bond motifs is 2. The van der Waals surface area contributed by atoms with Gasteiger partial charge in [0, 0.05) is 32.6 Å². The Kier molecular flexibility index (Phi) is 8.39. The first-order valence-electron chi connectivity index (χ1n) is 15.1. The van der Waals surface area contributed by atoms with Crippen LogP contribution in [0.4, 0.5) is 5.82 Å². The molecular formula is C35H37N7O2Si. The molecule has 0 radical (unpaired) electrons. The van der Waals surface area contributed by atoms with Crippen molar-refractivity contribution in [2.75, 3.05) is 11.9 Å². The van der Waals surface area contributed by atoms with Crippen LogP contribution in [-0.4, -0.2) is 43.4 Å². The number of benzene rings is 2. The Morgan fingerprint density at radius 3 is 2.44 bits per heavy atom. The molecule has 45 heavy (non-hydrogen) atoms. The monoisotopic (exact) mass is 615 g/mol. The maximum Gasteiger partial charge on any atom is 0.282 e. The molecule has 1 N–H and O–H groups in total. The maximum atomic E-state index is 13.9. The predicted molar refractivity (Wildman–Crippen MR) is 182 cm³/mol. The van der Waals surface area contributed by atoms with Gasteiger partial charge in [-0.05, 0) is 55.8 Å². The summed E-state index contributed by atoms with van der Waals surface area (Å²) in [5, 5.41) is 9.24. The van der Waals surface area contributed by atoms with Crippen LogP contribution in [0.3, 0.4) is 0 Å². The molecule has 0 saturated carbocycles. The van der Waals surface area contributed by atoms with E-state index in [-0.39, 0.29) is 5.56 Å². The van der Waals surface area contributed by atoms with Crippen molar-refractivity contribution < 1.29 is 4.74 Å². The minimum atomic E-state index is -1.23. The molecule has 0 bridgehead atoms. The SMILES string of the molecule is Cc1ccn2nc(C(C)Nc3ncnc4c3c(C#Cc3ccccc3)cn4COCC[Si](C)(C)C)n(-c3ccccc3)c(=O)c12. The molecule has 6 aromatic rings. The van der Waals surface area contributed by atoms with E-state index in [2.05, 4.69) is 46.8 Å². The first kappa shape index (κ1) is 30.1. The van der Waals surface area contributed by atoms with Crippen LogP contribution in [0.15, 0.2) is 90.2 Å². The van der Waals surface area contributed by atoms with Crippen LogP contribution in [0.25, 0.3) is 22.2 Å². The van der Waals surface area contributed by atoms with Gasteiger partial charge in [0.25, 0.3) is 5.56 Å². The van der Waals surface area contributed by atoms with Crippen molar-refractivity contribution in [1.29, 1.82) is 0 Å². The van der Waals surface area contributed by atoms with Crippen LogP contribution < -0.4 is 10.9 Å². The van der Waals surface area contributed by atoms with Crippen molar-refractivity contribution >= 4 is 30.4 Å². The highest BCUT2D eigenvalue weighted by Gasteiger charge is 2.22. The first-order valence-corrected chi connectivity index (χ1v) is 18.8. The molecule has 4 heterocycles. The van der Waals surface area contributed by atoms with E-state index in [4.69, 9.17) is 9.84 Å². The molecule has 0 spiro atoms. The van der Waals surface area contributed by atoms with Gasteiger partial charge in [-0.2, -0.15) is 5.10 Å². The quantitative estimate of drug-likeness (QED) is 0.115. The molecule has 9 nitrogen and oxygen atoms in total. The lowest BCUT2D eigenvalue weighted by Crippen LogP contribution is -2.29. The van der Waals surface area contributed by atoms with Gasteiger partial charge in [-0.1, -0.05) is 67.9 Å². The summed E-state index contributed by atoms with van der Waals surface area (Å²) in [6, 6.07) is 22.0. The van der Waals surface area contributed by atoms with E-state index in [9.17, 15) is 4.79 Å². The van der Waals surface area contributed by atoms with Crippen LogP contribution in [-0.2, 0) is 11.5 Å².